The predicted octanol–water partition coefficient (Wildman–Crippen LogP) is 3.78. The minimum Gasteiger partial charge on any atom is -0.465 e. The molecule has 2 aromatic heterocycles. The molecular weight excluding hydrogens is 354 g/mol. The zero-order valence-corrected chi connectivity index (χ0v) is 15.5. The van der Waals surface area contributed by atoms with Crippen molar-refractivity contribution in [3.8, 4) is 5.82 Å². The number of hydrogen-bond acceptors (Lipinski definition) is 6. The van der Waals surface area contributed by atoms with Gasteiger partial charge in [0.25, 0.3) is 0 Å². The molecule has 140 valence electrons. The molecule has 0 saturated carbocycles. The van der Waals surface area contributed by atoms with Gasteiger partial charge in [-0.25, -0.2) is 14.8 Å². The van der Waals surface area contributed by atoms with Crippen LogP contribution >= 0.6 is 0 Å². The second-order valence-corrected chi connectivity index (χ2v) is 6.32. The monoisotopic (exact) mass is 373 g/mol. The van der Waals surface area contributed by atoms with Crippen LogP contribution in [0.4, 0.5) is 5.95 Å². The Hall–Kier alpha value is -3.74. The van der Waals surface area contributed by atoms with E-state index in [1.54, 1.807) is 24.7 Å². The van der Waals surface area contributed by atoms with Crippen molar-refractivity contribution in [2.75, 3.05) is 12.4 Å². The maximum Gasteiger partial charge on any atom is 0.337 e. The number of aromatic nitrogens is 4. The third-order valence-corrected chi connectivity index (χ3v) is 4.50. The van der Waals surface area contributed by atoms with Crippen molar-refractivity contribution in [2.24, 2.45) is 0 Å². The summed E-state index contributed by atoms with van der Waals surface area (Å²) >= 11 is 0. The average Bonchev–Trinajstić information content (AvgIpc) is 3.17. The first-order chi connectivity index (χ1) is 13.7. The van der Waals surface area contributed by atoms with Crippen molar-refractivity contribution >= 4 is 23.0 Å². The highest BCUT2D eigenvalue weighted by molar-refractivity contribution is 5.93. The molecule has 0 fully saturated rings. The van der Waals surface area contributed by atoms with Gasteiger partial charge in [0.05, 0.1) is 29.7 Å². The van der Waals surface area contributed by atoms with Crippen LogP contribution in [0.2, 0.25) is 0 Å². The van der Waals surface area contributed by atoms with E-state index in [-0.39, 0.29) is 12.0 Å². The topological polar surface area (TPSA) is 81.9 Å². The Morgan fingerprint density at radius 2 is 1.93 bits per heavy atom. The lowest BCUT2D eigenvalue weighted by molar-refractivity contribution is 0.0601. The summed E-state index contributed by atoms with van der Waals surface area (Å²) in [4.78, 5) is 25.0. The predicted molar refractivity (Wildman–Crippen MR) is 106 cm³/mol. The average molecular weight is 373 g/mol. The Kier molecular flexibility index (Phi) is 4.72. The number of hydrogen-bond donors (Lipinski definition) is 1. The molecule has 1 unspecified atom stereocenters. The van der Waals surface area contributed by atoms with Crippen LogP contribution in [0.25, 0.3) is 16.9 Å². The molecule has 1 N–H and O–H groups in total. The molecule has 0 radical (unpaired) electrons. The van der Waals surface area contributed by atoms with Gasteiger partial charge < -0.3 is 10.1 Å². The molecule has 0 bridgehead atoms. The molecule has 0 spiro atoms. The van der Waals surface area contributed by atoms with Gasteiger partial charge in [-0.15, -0.1) is 0 Å². The minimum absolute atomic E-state index is 0.0681. The summed E-state index contributed by atoms with van der Waals surface area (Å²) in [5.74, 6) is 0.827. The molecular formula is C21H19N5O2. The first-order valence-corrected chi connectivity index (χ1v) is 8.86. The van der Waals surface area contributed by atoms with Gasteiger partial charge in [0.1, 0.15) is 12.1 Å². The van der Waals surface area contributed by atoms with Gasteiger partial charge in [0.15, 0.2) is 0 Å². The van der Waals surface area contributed by atoms with Gasteiger partial charge >= 0.3 is 5.97 Å². The van der Waals surface area contributed by atoms with Crippen LogP contribution in [-0.2, 0) is 4.74 Å². The summed E-state index contributed by atoms with van der Waals surface area (Å²) in [6, 6.07) is 17.2. The molecule has 0 amide bonds. The molecule has 4 rings (SSSR count). The summed E-state index contributed by atoms with van der Waals surface area (Å²) in [6.45, 7) is 2.06. The second-order valence-electron chi connectivity index (χ2n) is 6.32. The quantitative estimate of drug-likeness (QED) is 0.536. The number of benzene rings is 2. The number of fused-ring (bicyclic) bond motifs is 1. The standard InChI is InChI=1S/C21H19N5O2/c1-14(15-6-4-3-5-7-15)24-21-22-11-10-19(25-21)26-13-23-17-12-16(20(27)28-2)8-9-18(17)26/h3-14H,1-2H3,(H,22,24,25). The number of nitrogens with zero attached hydrogens (tertiary/aromatic N) is 4. The van der Waals surface area contributed by atoms with E-state index in [2.05, 4.69) is 39.3 Å². The lowest BCUT2D eigenvalue weighted by atomic mass is 10.1. The molecule has 0 saturated heterocycles. The van der Waals surface area contributed by atoms with Crippen molar-refractivity contribution < 1.29 is 9.53 Å². The van der Waals surface area contributed by atoms with E-state index in [0.29, 0.717) is 22.8 Å². The van der Waals surface area contributed by atoms with Gasteiger partial charge in [-0.2, -0.15) is 4.98 Å². The van der Waals surface area contributed by atoms with E-state index in [1.807, 2.05) is 34.9 Å². The number of methoxy groups -OCH3 is 1. The number of imidazole rings is 1. The smallest absolute Gasteiger partial charge is 0.337 e. The van der Waals surface area contributed by atoms with Crippen LogP contribution in [0.3, 0.4) is 0 Å². The molecule has 2 aromatic carbocycles. The van der Waals surface area contributed by atoms with Crippen LogP contribution < -0.4 is 5.32 Å². The zero-order valence-electron chi connectivity index (χ0n) is 15.5. The van der Waals surface area contributed by atoms with E-state index < -0.39 is 0 Å². The lowest BCUT2D eigenvalue weighted by Gasteiger charge is -2.14. The van der Waals surface area contributed by atoms with Crippen LogP contribution in [0, 0.1) is 0 Å². The zero-order chi connectivity index (χ0) is 19.5. The molecule has 0 aliphatic heterocycles. The van der Waals surface area contributed by atoms with E-state index in [4.69, 9.17) is 4.74 Å². The molecule has 2 heterocycles. The van der Waals surface area contributed by atoms with Gasteiger partial charge in [0, 0.05) is 6.20 Å². The Morgan fingerprint density at radius 3 is 2.71 bits per heavy atom. The van der Waals surface area contributed by atoms with Crippen molar-refractivity contribution in [3.05, 3.63) is 78.2 Å². The minimum atomic E-state index is -0.389. The summed E-state index contributed by atoms with van der Waals surface area (Å²) in [5, 5.41) is 3.32. The molecule has 7 nitrogen and oxygen atoms in total. The highest BCUT2D eigenvalue weighted by atomic mass is 16.5. The van der Waals surface area contributed by atoms with Gasteiger partial charge in [-0.05, 0) is 36.8 Å². The molecule has 1 atom stereocenters. The Balaban J connectivity index is 1.63. The van der Waals surface area contributed by atoms with Crippen molar-refractivity contribution in [2.45, 2.75) is 13.0 Å². The number of anilines is 1. The molecule has 0 aliphatic carbocycles. The Morgan fingerprint density at radius 1 is 1.11 bits per heavy atom. The highest BCUT2D eigenvalue weighted by Gasteiger charge is 2.12. The highest BCUT2D eigenvalue weighted by Crippen LogP contribution is 2.21. The summed E-state index contributed by atoms with van der Waals surface area (Å²) in [7, 11) is 1.36. The number of carbonyl (C=O) groups excluding carboxylic acids is 1. The van der Waals surface area contributed by atoms with Crippen molar-refractivity contribution in [3.63, 3.8) is 0 Å². The fourth-order valence-electron chi connectivity index (χ4n) is 3.01. The Labute approximate surface area is 162 Å². The third-order valence-electron chi connectivity index (χ3n) is 4.50. The molecule has 28 heavy (non-hydrogen) atoms. The summed E-state index contributed by atoms with van der Waals surface area (Å²) in [5.41, 5.74) is 3.14. The van der Waals surface area contributed by atoms with Gasteiger partial charge in [0.2, 0.25) is 5.95 Å². The maximum atomic E-state index is 11.7. The summed E-state index contributed by atoms with van der Waals surface area (Å²) in [6.07, 6.45) is 3.38. The van der Waals surface area contributed by atoms with E-state index in [0.717, 1.165) is 11.1 Å². The van der Waals surface area contributed by atoms with Crippen molar-refractivity contribution in [1.29, 1.82) is 0 Å². The molecule has 7 heteroatoms. The Bertz CT molecular complexity index is 1120. The van der Waals surface area contributed by atoms with Crippen molar-refractivity contribution in [1.82, 2.24) is 19.5 Å². The normalized spacial score (nSPS) is 11.9. The number of esters is 1. The van der Waals surface area contributed by atoms with Crippen LogP contribution in [0.1, 0.15) is 28.9 Å². The lowest BCUT2D eigenvalue weighted by Crippen LogP contribution is -2.10. The number of rotatable bonds is 5. The fraction of sp³-hybridized carbons (Fsp3) is 0.143. The van der Waals surface area contributed by atoms with Crippen LogP contribution in [0.15, 0.2) is 67.1 Å². The van der Waals surface area contributed by atoms with E-state index in [9.17, 15) is 4.79 Å². The van der Waals surface area contributed by atoms with Crippen LogP contribution in [-0.4, -0.2) is 32.6 Å². The van der Waals surface area contributed by atoms with Crippen LogP contribution in [0.5, 0.6) is 0 Å². The number of nitrogens with one attached hydrogen (secondary N) is 1. The van der Waals surface area contributed by atoms with E-state index >= 15 is 0 Å². The number of ether oxygens (including phenoxy) is 1. The third kappa shape index (κ3) is 3.42. The maximum absolute atomic E-state index is 11.7. The largest absolute Gasteiger partial charge is 0.465 e. The SMILES string of the molecule is COC(=O)c1ccc2c(c1)ncn2-c1ccnc(NC(C)c2ccccc2)n1. The second kappa shape index (κ2) is 7.48. The fourth-order valence-corrected chi connectivity index (χ4v) is 3.01. The molecule has 0 aliphatic rings. The molecule has 4 aromatic rings. The van der Waals surface area contributed by atoms with Gasteiger partial charge in [-0.1, -0.05) is 30.3 Å². The van der Waals surface area contributed by atoms with Gasteiger partial charge in [-0.3, -0.25) is 4.57 Å². The first-order valence-electron chi connectivity index (χ1n) is 8.86. The first kappa shape index (κ1) is 17.7. The van der Waals surface area contributed by atoms with E-state index in [1.165, 1.54) is 7.11 Å². The summed E-state index contributed by atoms with van der Waals surface area (Å²) < 4.78 is 6.62. The number of carbonyl (C=O) groups is 1.